The molecule has 7 nitrogen and oxygen atoms in total. The van der Waals surface area contributed by atoms with Crippen LogP contribution in [-0.2, 0) is 27.2 Å². The summed E-state index contributed by atoms with van der Waals surface area (Å²) in [6, 6.07) is 0. The van der Waals surface area contributed by atoms with Crippen LogP contribution in [0.3, 0.4) is 0 Å². The topological polar surface area (TPSA) is 91.3 Å². The third kappa shape index (κ3) is 8.65. The van der Waals surface area contributed by atoms with Gasteiger partial charge in [0.25, 0.3) is 16.1 Å². The van der Waals surface area contributed by atoms with E-state index in [1.807, 2.05) is 0 Å². The zero-order valence-corrected chi connectivity index (χ0v) is 11.4. The molecule has 0 spiro atoms. The first kappa shape index (κ1) is 15.9. The van der Waals surface area contributed by atoms with Crippen molar-refractivity contribution in [2.24, 2.45) is 0 Å². The summed E-state index contributed by atoms with van der Waals surface area (Å²) in [5.74, 6) is 0. The molecule has 0 bridgehead atoms. The van der Waals surface area contributed by atoms with Crippen LogP contribution in [0.1, 0.15) is 0 Å². The van der Waals surface area contributed by atoms with E-state index >= 15 is 0 Å². The van der Waals surface area contributed by atoms with Gasteiger partial charge in [-0.05, 0) is 0 Å². The number of aliphatic hydroxyl groups is 1. The normalized spacial score (nSPS) is 15.6. The summed E-state index contributed by atoms with van der Waals surface area (Å²) >= 11 is 0. The largest absolute Gasteiger partial charge is 0.370 e. The zero-order valence-electron chi connectivity index (χ0n) is 7.81. The summed E-state index contributed by atoms with van der Waals surface area (Å²) in [6.07, 6.45) is 0. The van der Waals surface area contributed by atoms with Crippen molar-refractivity contribution in [2.75, 3.05) is 27.1 Å². The summed E-state index contributed by atoms with van der Waals surface area (Å²) in [7, 11) is -2.20. The Morgan fingerprint density at radius 2 is 1.60 bits per heavy atom. The highest BCUT2D eigenvalue weighted by Gasteiger charge is 2.12. The summed E-state index contributed by atoms with van der Waals surface area (Å²) < 4.78 is 40.0. The van der Waals surface area contributed by atoms with E-state index in [-0.39, 0.29) is 29.5 Å². The first-order chi connectivity index (χ1) is 7.28. The Hall–Kier alpha value is 0.860. The van der Waals surface area contributed by atoms with Crippen LogP contribution >= 0.6 is 32.4 Å². The van der Waals surface area contributed by atoms with Crippen LogP contribution in [0.5, 0.6) is 0 Å². The molecule has 2 unspecified atom stereocenters. The summed E-state index contributed by atoms with van der Waals surface area (Å²) in [5, 5.41) is 8.37. The van der Waals surface area contributed by atoms with Crippen LogP contribution in [-0.4, -0.2) is 32.2 Å². The van der Waals surface area contributed by atoms with Gasteiger partial charge in [-0.25, -0.2) is 0 Å². The highest BCUT2D eigenvalue weighted by molar-refractivity contribution is 8.11. The third-order valence-electron chi connectivity index (χ3n) is 0.944. The molecule has 11 heteroatoms. The number of rotatable bonds is 10. The third-order valence-corrected chi connectivity index (χ3v) is 5.00. The quantitative estimate of drug-likeness (QED) is 0.376. The SMILES string of the molecule is COP(OCCOP(OCO)P=O)P=O. The van der Waals surface area contributed by atoms with Crippen molar-refractivity contribution in [1.29, 1.82) is 0 Å². The minimum Gasteiger partial charge on any atom is -0.370 e. The van der Waals surface area contributed by atoms with Crippen LogP contribution in [0.4, 0.5) is 0 Å². The van der Waals surface area contributed by atoms with Gasteiger partial charge in [0.2, 0.25) is 16.3 Å². The van der Waals surface area contributed by atoms with E-state index < -0.39 is 22.9 Å². The molecule has 0 heterocycles. The monoisotopic (exact) mass is 294 g/mol. The first-order valence-corrected chi connectivity index (χ1v) is 8.98. The van der Waals surface area contributed by atoms with Crippen LogP contribution in [0.15, 0.2) is 0 Å². The van der Waals surface area contributed by atoms with Crippen LogP contribution in [0.2, 0.25) is 0 Å². The Labute approximate surface area is 92.5 Å². The lowest BCUT2D eigenvalue weighted by molar-refractivity contribution is 0.0935. The van der Waals surface area contributed by atoms with Gasteiger partial charge in [-0.3, -0.25) is 13.7 Å². The molecule has 0 fully saturated rings. The lowest BCUT2D eigenvalue weighted by atomic mass is 10.8. The Balaban J connectivity index is 3.50. The second-order valence-corrected chi connectivity index (χ2v) is 7.10. The summed E-state index contributed by atoms with van der Waals surface area (Å²) in [6.45, 7) is -0.275. The predicted octanol–water partition coefficient (Wildman–Crippen LogP) is 2.67. The van der Waals surface area contributed by atoms with Crippen molar-refractivity contribution < 1.29 is 32.3 Å². The van der Waals surface area contributed by atoms with Crippen LogP contribution < -0.4 is 0 Å². The molecule has 0 aliphatic rings. The molecule has 1 N–H and O–H groups in total. The zero-order chi connectivity index (χ0) is 11.5. The molecule has 0 rings (SSSR count). The van der Waals surface area contributed by atoms with Gasteiger partial charge >= 0.3 is 0 Å². The van der Waals surface area contributed by atoms with E-state index in [1.165, 1.54) is 7.11 Å². The smallest absolute Gasteiger partial charge is 0.274 e. The molecule has 0 aromatic carbocycles. The molecule has 0 aliphatic heterocycles. The van der Waals surface area contributed by atoms with E-state index in [0.29, 0.717) is 0 Å². The predicted molar refractivity (Wildman–Crippen MR) is 56.1 cm³/mol. The van der Waals surface area contributed by atoms with Crippen molar-refractivity contribution in [1.82, 2.24) is 0 Å². The minimum absolute atomic E-state index is 0.124. The molecule has 2 atom stereocenters. The Bertz CT molecular complexity index is 180. The number of aliphatic hydroxyl groups excluding tert-OH is 1. The van der Waals surface area contributed by atoms with Gasteiger partial charge in [0.1, 0.15) is 0 Å². The van der Waals surface area contributed by atoms with Crippen molar-refractivity contribution in [3.05, 3.63) is 0 Å². The van der Waals surface area contributed by atoms with Gasteiger partial charge in [0, 0.05) is 7.11 Å². The van der Waals surface area contributed by atoms with Gasteiger partial charge < -0.3 is 18.7 Å². The molecule has 0 amide bonds. The second kappa shape index (κ2) is 11.3. The average Bonchev–Trinajstić information content (AvgIpc) is 2.28. The summed E-state index contributed by atoms with van der Waals surface area (Å²) in [5.41, 5.74) is 0. The lowest BCUT2D eigenvalue weighted by Crippen LogP contribution is -1.98. The molecule has 15 heavy (non-hydrogen) atoms. The average molecular weight is 294 g/mol. The Morgan fingerprint density at radius 3 is 2.00 bits per heavy atom. The van der Waals surface area contributed by atoms with Crippen molar-refractivity contribution in [2.45, 2.75) is 0 Å². The maximum atomic E-state index is 10.4. The Kier molecular flexibility index (Phi) is 12.0. The molecule has 0 aromatic heterocycles. The van der Waals surface area contributed by atoms with Crippen molar-refractivity contribution in [3.63, 3.8) is 0 Å². The highest BCUT2D eigenvalue weighted by Crippen LogP contribution is 2.52. The molecule has 0 radical (unpaired) electrons. The standard InChI is InChI=1S/C4H10O7P4/c1-8-14(12-6)9-2-3-10-15(13-7)11-4-5/h5H,2-4H2,1H3. The fraction of sp³-hybridized carbons (Fsp3) is 1.00. The van der Waals surface area contributed by atoms with E-state index in [2.05, 4.69) is 4.52 Å². The maximum absolute atomic E-state index is 10.4. The molecular formula is C4H10O7P4. The fourth-order valence-corrected chi connectivity index (χ4v) is 2.69. The van der Waals surface area contributed by atoms with Crippen molar-refractivity contribution >= 4 is 32.4 Å². The van der Waals surface area contributed by atoms with Gasteiger partial charge in [0.15, 0.2) is 6.79 Å². The van der Waals surface area contributed by atoms with E-state index in [9.17, 15) is 9.13 Å². The van der Waals surface area contributed by atoms with Gasteiger partial charge in [0.05, 0.1) is 13.2 Å². The fourth-order valence-electron chi connectivity index (χ4n) is 0.474. The maximum Gasteiger partial charge on any atom is 0.274 e. The highest BCUT2D eigenvalue weighted by atomic mass is 32.1. The van der Waals surface area contributed by atoms with E-state index in [1.54, 1.807) is 0 Å². The van der Waals surface area contributed by atoms with Gasteiger partial charge in [-0.1, -0.05) is 0 Å². The molecule has 0 aliphatic carbocycles. The van der Waals surface area contributed by atoms with E-state index in [4.69, 9.17) is 18.7 Å². The van der Waals surface area contributed by atoms with Gasteiger partial charge in [-0.15, -0.1) is 0 Å². The molecule has 0 aromatic rings. The van der Waals surface area contributed by atoms with Crippen LogP contribution in [0.25, 0.3) is 0 Å². The minimum atomic E-state index is -1.63. The Morgan fingerprint density at radius 1 is 1.07 bits per heavy atom. The molecule has 0 saturated heterocycles. The summed E-state index contributed by atoms with van der Waals surface area (Å²) in [4.78, 5) is 0. The van der Waals surface area contributed by atoms with Gasteiger partial charge in [-0.2, -0.15) is 0 Å². The number of hydrogen-bond donors (Lipinski definition) is 1. The first-order valence-electron chi connectivity index (χ1n) is 3.59. The van der Waals surface area contributed by atoms with E-state index in [0.717, 1.165) is 0 Å². The molecule has 0 saturated carbocycles. The molecular weight excluding hydrogens is 284 g/mol. The number of hydrogen-bond acceptors (Lipinski definition) is 7. The van der Waals surface area contributed by atoms with Crippen molar-refractivity contribution in [3.8, 4) is 0 Å². The lowest BCUT2D eigenvalue weighted by Gasteiger charge is -2.10. The van der Waals surface area contributed by atoms with Crippen LogP contribution in [0, 0.1) is 0 Å². The second-order valence-electron chi connectivity index (χ2n) is 1.75. The molecule has 88 valence electrons.